The van der Waals surface area contributed by atoms with Crippen LogP contribution in [-0.4, -0.2) is 17.6 Å². The number of hydrogen-bond donors (Lipinski definition) is 2. The monoisotopic (exact) mass is 238 g/mol. The number of ketones is 1. The van der Waals surface area contributed by atoms with Gasteiger partial charge in [-0.2, -0.15) is 0 Å². The lowest BCUT2D eigenvalue weighted by molar-refractivity contribution is -0.131. The number of carbonyl (C=O) groups is 3. The summed E-state index contributed by atoms with van der Waals surface area (Å²) < 4.78 is 0. The van der Waals surface area contributed by atoms with Crippen LogP contribution >= 0.6 is 0 Å². The second-order valence-corrected chi connectivity index (χ2v) is 3.47. The Bertz CT molecular complexity index is 333. The van der Waals surface area contributed by atoms with Gasteiger partial charge >= 0.3 is 0 Å². The van der Waals surface area contributed by atoms with Crippen LogP contribution in [0.2, 0.25) is 0 Å². The molecular weight excluding hydrogens is 220 g/mol. The van der Waals surface area contributed by atoms with Gasteiger partial charge in [0.05, 0.1) is 6.42 Å². The summed E-state index contributed by atoms with van der Waals surface area (Å²) in [6.45, 7) is 3.22. The van der Waals surface area contributed by atoms with Gasteiger partial charge in [0.2, 0.25) is 11.8 Å². The summed E-state index contributed by atoms with van der Waals surface area (Å²) in [5.41, 5.74) is 4.40. The van der Waals surface area contributed by atoms with E-state index in [-0.39, 0.29) is 24.5 Å². The number of amides is 2. The predicted molar refractivity (Wildman–Crippen MR) is 64.8 cm³/mol. The molecule has 0 aliphatic heterocycles. The lowest BCUT2D eigenvalue weighted by Crippen LogP contribution is -2.42. The highest BCUT2D eigenvalue weighted by atomic mass is 16.2. The van der Waals surface area contributed by atoms with Gasteiger partial charge in [0, 0.05) is 6.42 Å². The van der Waals surface area contributed by atoms with Crippen molar-refractivity contribution >= 4 is 17.6 Å². The Morgan fingerprint density at radius 3 is 2.29 bits per heavy atom. The first-order valence-electron chi connectivity index (χ1n) is 5.41. The largest absolute Gasteiger partial charge is 0.299 e. The van der Waals surface area contributed by atoms with E-state index < -0.39 is 5.91 Å². The molecule has 0 spiro atoms. The molecule has 0 heterocycles. The van der Waals surface area contributed by atoms with E-state index in [1.807, 2.05) is 31.2 Å². The molecule has 0 unspecified atom stereocenters. The lowest BCUT2D eigenvalue weighted by Gasteiger charge is -2.04. The maximum atomic E-state index is 11.2. The Morgan fingerprint density at radius 2 is 1.71 bits per heavy atom. The molecule has 0 aromatic carbocycles. The van der Waals surface area contributed by atoms with Crippen molar-refractivity contribution in [3.05, 3.63) is 24.3 Å². The van der Waals surface area contributed by atoms with Crippen LogP contribution < -0.4 is 10.9 Å². The molecule has 2 amide bonds. The molecular formula is C12H18N2O3. The van der Waals surface area contributed by atoms with Crippen molar-refractivity contribution in [2.45, 2.75) is 33.1 Å². The van der Waals surface area contributed by atoms with Crippen LogP contribution in [0.5, 0.6) is 0 Å². The molecule has 2 N–H and O–H groups in total. The van der Waals surface area contributed by atoms with Crippen LogP contribution in [0.3, 0.4) is 0 Å². The van der Waals surface area contributed by atoms with Gasteiger partial charge in [0.15, 0.2) is 0 Å². The number of Topliss-reactive ketones (excluding diaryl/α,β-unsaturated/α-hetero) is 1. The van der Waals surface area contributed by atoms with Gasteiger partial charge in [-0.1, -0.05) is 24.3 Å². The van der Waals surface area contributed by atoms with Gasteiger partial charge in [-0.05, 0) is 20.3 Å². The second-order valence-electron chi connectivity index (χ2n) is 3.47. The van der Waals surface area contributed by atoms with Gasteiger partial charge in [0.1, 0.15) is 5.78 Å². The highest BCUT2D eigenvalue weighted by Gasteiger charge is 2.05. The Hall–Kier alpha value is -1.91. The third kappa shape index (κ3) is 10.4. The molecule has 0 bridgehead atoms. The van der Waals surface area contributed by atoms with Crippen LogP contribution in [0, 0.1) is 0 Å². The van der Waals surface area contributed by atoms with Gasteiger partial charge in [-0.25, -0.2) is 0 Å². The molecule has 0 aromatic heterocycles. The van der Waals surface area contributed by atoms with Crippen molar-refractivity contribution in [2.75, 3.05) is 0 Å². The van der Waals surface area contributed by atoms with Crippen LogP contribution in [0.25, 0.3) is 0 Å². The van der Waals surface area contributed by atoms with Crippen molar-refractivity contribution < 1.29 is 14.4 Å². The maximum Gasteiger partial charge on any atom is 0.245 e. The standard InChI is InChI=1S/C12H18N2O3/c1-3-4-5-6-7-8-11(16)13-14-12(17)9-10(2)15/h3-6H,7-9H2,1-2H3,(H,13,16)(H,14,17)/b4-3+,6-5+. The molecule has 0 fully saturated rings. The first-order valence-corrected chi connectivity index (χ1v) is 5.41. The average Bonchev–Trinajstić information content (AvgIpc) is 2.25. The molecule has 94 valence electrons. The lowest BCUT2D eigenvalue weighted by atomic mass is 10.3. The molecule has 0 aliphatic rings. The SMILES string of the molecule is C/C=C/C=C/CCC(=O)NNC(=O)CC(C)=O. The molecule has 0 radical (unpaired) electrons. The zero-order chi connectivity index (χ0) is 13.1. The molecule has 0 aliphatic carbocycles. The Morgan fingerprint density at radius 1 is 1.06 bits per heavy atom. The molecule has 0 atom stereocenters. The van der Waals surface area contributed by atoms with Crippen molar-refractivity contribution in [1.82, 2.24) is 10.9 Å². The Labute approximate surface area is 101 Å². The van der Waals surface area contributed by atoms with E-state index in [1.165, 1.54) is 6.92 Å². The van der Waals surface area contributed by atoms with Crippen LogP contribution in [0.1, 0.15) is 33.1 Å². The first kappa shape index (κ1) is 15.1. The van der Waals surface area contributed by atoms with Crippen LogP contribution in [0.15, 0.2) is 24.3 Å². The van der Waals surface area contributed by atoms with Gasteiger partial charge in [-0.3, -0.25) is 25.2 Å². The smallest absolute Gasteiger partial charge is 0.245 e. The van der Waals surface area contributed by atoms with E-state index in [4.69, 9.17) is 0 Å². The quantitative estimate of drug-likeness (QED) is 0.412. The summed E-state index contributed by atoms with van der Waals surface area (Å²) in [7, 11) is 0. The number of carbonyl (C=O) groups excluding carboxylic acids is 3. The fourth-order valence-corrected chi connectivity index (χ4v) is 0.973. The number of nitrogens with one attached hydrogen (secondary N) is 2. The van der Waals surface area contributed by atoms with E-state index >= 15 is 0 Å². The molecule has 17 heavy (non-hydrogen) atoms. The van der Waals surface area contributed by atoms with Crippen molar-refractivity contribution in [1.29, 1.82) is 0 Å². The van der Waals surface area contributed by atoms with E-state index in [1.54, 1.807) is 0 Å². The minimum absolute atomic E-state index is 0.221. The fraction of sp³-hybridized carbons (Fsp3) is 0.417. The Kier molecular flexibility index (Phi) is 8.28. The number of hydrazine groups is 1. The van der Waals surface area contributed by atoms with E-state index in [9.17, 15) is 14.4 Å². The molecule has 5 nitrogen and oxygen atoms in total. The highest BCUT2D eigenvalue weighted by molar-refractivity contribution is 5.97. The topological polar surface area (TPSA) is 75.3 Å². The molecule has 0 aromatic rings. The minimum atomic E-state index is -0.504. The van der Waals surface area contributed by atoms with Crippen molar-refractivity contribution in [2.24, 2.45) is 0 Å². The van der Waals surface area contributed by atoms with Gasteiger partial charge in [-0.15, -0.1) is 0 Å². The second kappa shape index (κ2) is 9.33. The van der Waals surface area contributed by atoms with Gasteiger partial charge in [0.25, 0.3) is 0 Å². The van der Waals surface area contributed by atoms with Crippen LogP contribution in [-0.2, 0) is 14.4 Å². The summed E-state index contributed by atoms with van der Waals surface area (Å²) in [4.78, 5) is 32.8. The molecule has 0 saturated carbocycles. The zero-order valence-corrected chi connectivity index (χ0v) is 10.2. The highest BCUT2D eigenvalue weighted by Crippen LogP contribution is 1.91. The number of allylic oxidation sites excluding steroid dienone is 4. The van der Waals surface area contributed by atoms with Gasteiger partial charge < -0.3 is 0 Å². The summed E-state index contributed by atoms with van der Waals surface area (Å²) in [6, 6.07) is 0. The van der Waals surface area contributed by atoms with Crippen LogP contribution in [0.4, 0.5) is 0 Å². The Balaban J connectivity index is 3.66. The number of hydrogen-bond acceptors (Lipinski definition) is 3. The number of rotatable bonds is 6. The molecule has 5 heteroatoms. The summed E-state index contributed by atoms with van der Waals surface area (Å²) in [5.74, 6) is -1.03. The van der Waals surface area contributed by atoms with Crippen molar-refractivity contribution in [3.8, 4) is 0 Å². The first-order chi connectivity index (χ1) is 8.06. The summed E-state index contributed by atoms with van der Waals surface area (Å²) >= 11 is 0. The summed E-state index contributed by atoms with van der Waals surface area (Å²) in [6.07, 6.45) is 8.12. The minimum Gasteiger partial charge on any atom is -0.299 e. The maximum absolute atomic E-state index is 11.2. The van der Waals surface area contributed by atoms with E-state index in [0.29, 0.717) is 6.42 Å². The normalized spacial score (nSPS) is 10.7. The zero-order valence-electron chi connectivity index (χ0n) is 10.2. The fourth-order valence-electron chi connectivity index (χ4n) is 0.973. The average molecular weight is 238 g/mol. The molecule has 0 rings (SSSR count). The third-order valence-corrected chi connectivity index (χ3v) is 1.73. The van der Waals surface area contributed by atoms with Crippen molar-refractivity contribution in [3.63, 3.8) is 0 Å². The van der Waals surface area contributed by atoms with E-state index in [2.05, 4.69) is 10.9 Å². The van der Waals surface area contributed by atoms with E-state index in [0.717, 1.165) is 0 Å². The predicted octanol–water partition coefficient (Wildman–Crippen LogP) is 1.03. The third-order valence-electron chi connectivity index (χ3n) is 1.73. The summed E-state index contributed by atoms with van der Waals surface area (Å²) in [5, 5.41) is 0. The molecule has 0 saturated heterocycles.